The number of anilines is 2. The van der Waals surface area contributed by atoms with Crippen LogP contribution in [0.4, 0.5) is 10.8 Å². The molecule has 0 aliphatic heterocycles. The van der Waals surface area contributed by atoms with Crippen molar-refractivity contribution in [3.05, 3.63) is 83.0 Å². The van der Waals surface area contributed by atoms with Gasteiger partial charge >= 0.3 is 0 Å². The number of nitrogens with two attached hydrogens (primary N) is 1. The summed E-state index contributed by atoms with van der Waals surface area (Å²) in [6.07, 6.45) is 4.18. The van der Waals surface area contributed by atoms with Crippen molar-refractivity contribution in [3.63, 3.8) is 0 Å². The lowest BCUT2D eigenvalue weighted by atomic mass is 10.1. The first-order valence-electron chi connectivity index (χ1n) is 8.87. The minimum Gasteiger partial charge on any atom is -0.388 e. The number of hydrogen-bond acceptors (Lipinski definition) is 6. The van der Waals surface area contributed by atoms with Crippen LogP contribution in [0.25, 0.3) is 6.08 Å². The predicted octanol–water partition coefficient (Wildman–Crippen LogP) is 3.67. The Morgan fingerprint density at radius 3 is 2.59 bits per heavy atom. The lowest BCUT2D eigenvalue weighted by Gasteiger charge is -2.10. The quantitative estimate of drug-likeness (QED) is 0.455. The largest absolute Gasteiger partial charge is 0.388 e. The standard InChI is InChI=1S/C21H24N4OS/c22-21-25-19(15-27-21)11-13-24-18-8-6-16(7-9-18)10-12-23-14-20(26)17-4-2-1-3-5-17/h1-10,12,15,20,23-24,26H,11,13-14H2,(H2,22,25). The van der Waals surface area contributed by atoms with Gasteiger partial charge in [-0.3, -0.25) is 0 Å². The molecule has 3 aromatic rings. The maximum atomic E-state index is 10.1. The number of aliphatic hydroxyl groups excluding tert-OH is 1. The Kier molecular flexibility index (Phi) is 6.84. The fourth-order valence-electron chi connectivity index (χ4n) is 2.61. The molecule has 0 saturated carbocycles. The second-order valence-corrected chi connectivity index (χ2v) is 7.03. The first-order valence-corrected chi connectivity index (χ1v) is 9.75. The van der Waals surface area contributed by atoms with Gasteiger partial charge in [-0.1, -0.05) is 42.5 Å². The SMILES string of the molecule is Nc1nc(CCNc2ccc(C=CNCC(O)c3ccccc3)cc2)cs1. The van der Waals surface area contributed by atoms with Gasteiger partial charge in [0.05, 0.1) is 11.8 Å². The Morgan fingerprint density at radius 1 is 1.11 bits per heavy atom. The van der Waals surface area contributed by atoms with E-state index in [-0.39, 0.29) is 0 Å². The Morgan fingerprint density at radius 2 is 1.89 bits per heavy atom. The summed E-state index contributed by atoms with van der Waals surface area (Å²) in [4.78, 5) is 4.25. The number of hydrogen-bond donors (Lipinski definition) is 4. The summed E-state index contributed by atoms with van der Waals surface area (Å²) in [7, 11) is 0. The highest BCUT2D eigenvalue weighted by Crippen LogP contribution is 2.14. The molecule has 0 fully saturated rings. The third kappa shape index (κ3) is 6.13. The number of rotatable bonds is 9. The Balaban J connectivity index is 1.40. The molecule has 27 heavy (non-hydrogen) atoms. The third-order valence-electron chi connectivity index (χ3n) is 4.08. The third-order valence-corrected chi connectivity index (χ3v) is 4.80. The maximum Gasteiger partial charge on any atom is 0.180 e. The van der Waals surface area contributed by atoms with Gasteiger partial charge in [-0.15, -0.1) is 11.3 Å². The molecular formula is C21H24N4OS. The number of nitrogens with zero attached hydrogens (tertiary/aromatic N) is 1. The smallest absolute Gasteiger partial charge is 0.180 e. The van der Waals surface area contributed by atoms with Gasteiger partial charge in [-0.25, -0.2) is 4.98 Å². The molecule has 140 valence electrons. The zero-order chi connectivity index (χ0) is 18.9. The van der Waals surface area contributed by atoms with E-state index in [1.165, 1.54) is 11.3 Å². The van der Waals surface area contributed by atoms with E-state index in [1.54, 1.807) is 0 Å². The molecule has 3 rings (SSSR count). The molecule has 5 nitrogen and oxygen atoms in total. The molecule has 1 aromatic heterocycles. The van der Waals surface area contributed by atoms with Crippen LogP contribution in [0.2, 0.25) is 0 Å². The van der Waals surface area contributed by atoms with Crippen molar-refractivity contribution in [3.8, 4) is 0 Å². The van der Waals surface area contributed by atoms with Crippen molar-refractivity contribution in [2.24, 2.45) is 0 Å². The van der Waals surface area contributed by atoms with Crippen LogP contribution in [0.15, 0.2) is 66.2 Å². The lowest BCUT2D eigenvalue weighted by molar-refractivity contribution is 0.179. The molecule has 0 spiro atoms. The van der Waals surface area contributed by atoms with Crippen molar-refractivity contribution < 1.29 is 5.11 Å². The highest BCUT2D eigenvalue weighted by molar-refractivity contribution is 7.13. The normalized spacial score (nSPS) is 12.2. The van der Waals surface area contributed by atoms with Crippen molar-refractivity contribution >= 4 is 28.2 Å². The lowest BCUT2D eigenvalue weighted by Crippen LogP contribution is -2.15. The van der Waals surface area contributed by atoms with Gasteiger partial charge in [0.1, 0.15) is 0 Å². The van der Waals surface area contributed by atoms with Crippen LogP contribution in [0.3, 0.4) is 0 Å². The molecule has 6 heteroatoms. The highest BCUT2D eigenvalue weighted by Gasteiger charge is 2.04. The average molecular weight is 381 g/mol. The van der Waals surface area contributed by atoms with E-state index >= 15 is 0 Å². The zero-order valence-corrected chi connectivity index (χ0v) is 15.8. The fraction of sp³-hybridized carbons (Fsp3) is 0.190. The molecule has 1 unspecified atom stereocenters. The number of thiazole rings is 1. The summed E-state index contributed by atoms with van der Waals surface area (Å²) in [5.74, 6) is 0. The fourth-order valence-corrected chi connectivity index (χ4v) is 3.21. The topological polar surface area (TPSA) is 83.2 Å². The van der Waals surface area contributed by atoms with Gasteiger partial charge in [0.25, 0.3) is 0 Å². The van der Waals surface area contributed by atoms with Crippen LogP contribution in [0.1, 0.15) is 22.9 Å². The first-order chi connectivity index (χ1) is 13.2. The van der Waals surface area contributed by atoms with Crippen LogP contribution >= 0.6 is 11.3 Å². The number of nitrogens with one attached hydrogen (secondary N) is 2. The van der Waals surface area contributed by atoms with E-state index in [2.05, 4.69) is 27.8 Å². The zero-order valence-electron chi connectivity index (χ0n) is 15.0. The van der Waals surface area contributed by atoms with E-state index in [4.69, 9.17) is 5.73 Å². The molecule has 0 aliphatic rings. The van der Waals surface area contributed by atoms with Gasteiger partial charge < -0.3 is 21.5 Å². The van der Waals surface area contributed by atoms with Gasteiger partial charge in [-0.05, 0) is 35.5 Å². The summed E-state index contributed by atoms with van der Waals surface area (Å²) < 4.78 is 0. The maximum absolute atomic E-state index is 10.1. The molecule has 5 N–H and O–H groups in total. The van der Waals surface area contributed by atoms with E-state index in [0.717, 1.165) is 35.5 Å². The Hall–Kier alpha value is -2.83. The summed E-state index contributed by atoms with van der Waals surface area (Å²) in [6, 6.07) is 17.8. The minimum atomic E-state index is -0.518. The number of benzene rings is 2. The second kappa shape index (κ2) is 9.75. The summed E-state index contributed by atoms with van der Waals surface area (Å²) in [5.41, 5.74) is 9.73. The van der Waals surface area contributed by atoms with Crippen LogP contribution < -0.4 is 16.4 Å². The van der Waals surface area contributed by atoms with Gasteiger partial charge in [0.15, 0.2) is 5.13 Å². The molecule has 0 amide bonds. The van der Waals surface area contributed by atoms with Gasteiger partial charge in [0, 0.05) is 30.6 Å². The van der Waals surface area contributed by atoms with Crippen LogP contribution in [-0.4, -0.2) is 23.2 Å². The number of nitrogen functional groups attached to an aromatic ring is 1. The Labute approximate surface area is 163 Å². The predicted molar refractivity (Wildman–Crippen MR) is 114 cm³/mol. The second-order valence-electron chi connectivity index (χ2n) is 6.14. The Bertz CT molecular complexity index is 846. The van der Waals surface area contributed by atoms with Crippen LogP contribution in [0.5, 0.6) is 0 Å². The molecule has 0 aliphatic carbocycles. The first kappa shape index (κ1) is 18.9. The molecular weight excluding hydrogens is 356 g/mol. The van der Waals surface area contributed by atoms with Crippen molar-refractivity contribution in [1.29, 1.82) is 0 Å². The van der Waals surface area contributed by atoms with E-state index in [1.807, 2.05) is 60.1 Å². The average Bonchev–Trinajstić information content (AvgIpc) is 3.12. The van der Waals surface area contributed by atoms with Gasteiger partial charge in [0.2, 0.25) is 0 Å². The van der Waals surface area contributed by atoms with Crippen LogP contribution in [0, 0.1) is 0 Å². The molecule has 2 aromatic carbocycles. The summed E-state index contributed by atoms with van der Waals surface area (Å²) in [6.45, 7) is 1.29. The van der Waals surface area contributed by atoms with Crippen molar-refractivity contribution in [1.82, 2.24) is 10.3 Å². The molecule has 1 heterocycles. The van der Waals surface area contributed by atoms with E-state index in [9.17, 15) is 5.11 Å². The number of aliphatic hydroxyl groups is 1. The van der Waals surface area contributed by atoms with E-state index < -0.39 is 6.10 Å². The van der Waals surface area contributed by atoms with Gasteiger partial charge in [-0.2, -0.15) is 0 Å². The molecule has 0 radical (unpaired) electrons. The molecule has 0 saturated heterocycles. The summed E-state index contributed by atoms with van der Waals surface area (Å²) in [5, 5.41) is 19.2. The number of aromatic nitrogens is 1. The molecule has 0 bridgehead atoms. The van der Waals surface area contributed by atoms with E-state index in [0.29, 0.717) is 11.7 Å². The monoisotopic (exact) mass is 380 g/mol. The minimum absolute atomic E-state index is 0.473. The molecule has 1 atom stereocenters. The highest BCUT2D eigenvalue weighted by atomic mass is 32.1. The summed E-state index contributed by atoms with van der Waals surface area (Å²) >= 11 is 1.47. The van der Waals surface area contributed by atoms with Crippen molar-refractivity contribution in [2.45, 2.75) is 12.5 Å². The van der Waals surface area contributed by atoms with Crippen molar-refractivity contribution in [2.75, 3.05) is 24.1 Å². The van der Waals surface area contributed by atoms with Crippen LogP contribution in [-0.2, 0) is 6.42 Å².